The maximum atomic E-state index is 12.8. The second kappa shape index (κ2) is 6.31. The molecule has 2 aromatic rings. The molecule has 0 spiro atoms. The molecule has 23 heavy (non-hydrogen) atoms. The first-order chi connectivity index (χ1) is 10.9. The largest absolute Gasteiger partial charge is 0.433 e. The third-order valence-corrected chi connectivity index (χ3v) is 4.61. The fraction of sp³-hybridized carbons (Fsp3) is 0.500. The molecule has 0 amide bonds. The number of nitrogens with zero attached hydrogens (tertiary/aromatic N) is 5. The van der Waals surface area contributed by atoms with Gasteiger partial charge < -0.3 is 9.80 Å². The Kier molecular flexibility index (Phi) is 4.38. The van der Waals surface area contributed by atoms with Crippen LogP contribution in [0.5, 0.6) is 0 Å². The lowest BCUT2D eigenvalue weighted by Crippen LogP contribution is -2.32. The van der Waals surface area contributed by atoms with Crippen molar-refractivity contribution in [3.8, 4) is 0 Å². The van der Waals surface area contributed by atoms with Crippen LogP contribution in [0.2, 0.25) is 0 Å². The van der Waals surface area contributed by atoms with E-state index in [4.69, 9.17) is 0 Å². The van der Waals surface area contributed by atoms with Crippen molar-refractivity contribution in [3.63, 3.8) is 0 Å². The fourth-order valence-electron chi connectivity index (χ4n) is 2.45. The van der Waals surface area contributed by atoms with Crippen LogP contribution < -0.4 is 9.80 Å². The zero-order chi connectivity index (χ0) is 16.4. The minimum atomic E-state index is -4.45. The Morgan fingerprint density at radius 1 is 1.09 bits per heavy atom. The van der Waals surface area contributed by atoms with Gasteiger partial charge in [0.2, 0.25) is 5.95 Å². The smallest absolute Gasteiger partial charge is 0.346 e. The average molecular weight is 343 g/mol. The molecule has 0 aromatic carbocycles. The molecule has 0 radical (unpaired) electrons. The highest BCUT2D eigenvalue weighted by Crippen LogP contribution is 2.28. The van der Waals surface area contributed by atoms with E-state index in [-0.39, 0.29) is 5.95 Å². The number of hydrogen-bond donors (Lipinski definition) is 0. The Morgan fingerprint density at radius 2 is 1.83 bits per heavy atom. The van der Waals surface area contributed by atoms with Gasteiger partial charge >= 0.3 is 6.18 Å². The Hall–Kier alpha value is -1.90. The number of rotatable bonds is 2. The van der Waals surface area contributed by atoms with Crippen molar-refractivity contribution < 1.29 is 13.2 Å². The lowest BCUT2D eigenvalue weighted by atomic mass is 10.4. The van der Waals surface area contributed by atoms with E-state index in [0.717, 1.165) is 36.1 Å². The molecule has 2 aromatic heterocycles. The van der Waals surface area contributed by atoms with Crippen molar-refractivity contribution in [2.24, 2.45) is 0 Å². The second-order valence-corrected chi connectivity index (χ2v) is 6.18. The van der Waals surface area contributed by atoms with Crippen LogP contribution in [0.3, 0.4) is 0 Å². The second-order valence-electron chi connectivity index (χ2n) is 5.34. The predicted octanol–water partition coefficient (Wildman–Crippen LogP) is 2.98. The molecule has 1 fully saturated rings. The van der Waals surface area contributed by atoms with Gasteiger partial charge in [-0.15, -0.1) is 11.3 Å². The number of halogens is 3. The summed E-state index contributed by atoms with van der Waals surface area (Å²) in [7, 11) is 0. The molecule has 0 N–H and O–H groups in total. The lowest BCUT2D eigenvalue weighted by Gasteiger charge is -2.22. The topological polar surface area (TPSA) is 45.2 Å². The molecule has 0 bridgehead atoms. The van der Waals surface area contributed by atoms with Crippen LogP contribution >= 0.6 is 11.3 Å². The van der Waals surface area contributed by atoms with Gasteiger partial charge in [-0.05, 0) is 19.4 Å². The van der Waals surface area contributed by atoms with Gasteiger partial charge in [-0.3, -0.25) is 0 Å². The number of aryl methyl sites for hydroxylation is 1. The summed E-state index contributed by atoms with van der Waals surface area (Å²) in [5.74, 6) is 0.136. The minimum Gasteiger partial charge on any atom is -0.346 e. The van der Waals surface area contributed by atoms with Crippen LogP contribution in [0.1, 0.15) is 17.8 Å². The van der Waals surface area contributed by atoms with Gasteiger partial charge in [-0.1, -0.05) is 0 Å². The summed E-state index contributed by atoms with van der Waals surface area (Å²) in [5.41, 5.74) is 0.0754. The highest BCUT2D eigenvalue weighted by atomic mass is 32.1. The maximum absolute atomic E-state index is 12.8. The summed E-state index contributed by atoms with van der Waals surface area (Å²) in [6, 6.07) is 0.895. The standard InChI is InChI=1S/C14H16F3N5S/c1-10-9-23-13(19-10)22-6-2-5-21(7-8-22)12-18-4-3-11(20-12)14(15,16)17/h3-4,9H,2,5-8H2,1H3. The van der Waals surface area contributed by atoms with Gasteiger partial charge in [0.15, 0.2) is 5.13 Å². The number of anilines is 2. The molecule has 1 aliphatic rings. The first-order valence-corrected chi connectivity index (χ1v) is 8.14. The lowest BCUT2D eigenvalue weighted by molar-refractivity contribution is -0.141. The molecule has 0 unspecified atom stereocenters. The van der Waals surface area contributed by atoms with Crippen LogP contribution in [0.4, 0.5) is 24.3 Å². The molecule has 1 aliphatic heterocycles. The molecule has 3 rings (SSSR count). The van der Waals surface area contributed by atoms with Crippen molar-refractivity contribution in [2.75, 3.05) is 36.0 Å². The van der Waals surface area contributed by atoms with Crippen molar-refractivity contribution in [1.82, 2.24) is 15.0 Å². The van der Waals surface area contributed by atoms with Crippen molar-refractivity contribution in [2.45, 2.75) is 19.5 Å². The summed E-state index contributed by atoms with van der Waals surface area (Å²) < 4.78 is 38.3. The fourth-order valence-corrected chi connectivity index (χ4v) is 3.31. The van der Waals surface area contributed by atoms with E-state index in [9.17, 15) is 13.2 Å². The zero-order valence-electron chi connectivity index (χ0n) is 12.5. The molecule has 124 valence electrons. The first-order valence-electron chi connectivity index (χ1n) is 7.26. The van der Waals surface area contributed by atoms with E-state index in [0.29, 0.717) is 19.6 Å². The Bertz CT molecular complexity index is 672. The third kappa shape index (κ3) is 3.72. The SMILES string of the molecule is Cc1csc(N2CCCN(c3nccc(C(F)(F)F)n3)CC2)n1. The maximum Gasteiger partial charge on any atom is 0.433 e. The minimum absolute atomic E-state index is 0.136. The van der Waals surface area contributed by atoms with E-state index >= 15 is 0 Å². The van der Waals surface area contributed by atoms with E-state index in [1.54, 1.807) is 16.2 Å². The molecular weight excluding hydrogens is 327 g/mol. The monoisotopic (exact) mass is 343 g/mol. The van der Waals surface area contributed by atoms with Gasteiger partial charge in [0.1, 0.15) is 5.69 Å². The van der Waals surface area contributed by atoms with Gasteiger partial charge in [-0.2, -0.15) is 13.2 Å². The Labute approximate surface area is 135 Å². The van der Waals surface area contributed by atoms with E-state index < -0.39 is 11.9 Å². The van der Waals surface area contributed by atoms with Crippen molar-refractivity contribution in [3.05, 3.63) is 29.0 Å². The van der Waals surface area contributed by atoms with E-state index in [1.807, 2.05) is 12.3 Å². The van der Waals surface area contributed by atoms with Gasteiger partial charge in [0.05, 0.1) is 5.69 Å². The van der Waals surface area contributed by atoms with Crippen LogP contribution in [0, 0.1) is 6.92 Å². The summed E-state index contributed by atoms with van der Waals surface area (Å²) in [6.45, 7) is 4.65. The van der Waals surface area contributed by atoms with Gasteiger partial charge in [0.25, 0.3) is 0 Å². The average Bonchev–Trinajstić information content (AvgIpc) is 2.80. The van der Waals surface area contributed by atoms with Crippen molar-refractivity contribution >= 4 is 22.4 Å². The number of aromatic nitrogens is 3. The number of thiazole rings is 1. The highest BCUT2D eigenvalue weighted by Gasteiger charge is 2.33. The van der Waals surface area contributed by atoms with E-state index in [2.05, 4.69) is 19.9 Å². The Balaban J connectivity index is 1.73. The molecular formula is C14H16F3N5S. The van der Waals surface area contributed by atoms with Crippen LogP contribution in [0.25, 0.3) is 0 Å². The molecule has 0 saturated carbocycles. The summed E-state index contributed by atoms with van der Waals surface area (Å²) in [6.07, 6.45) is -2.47. The summed E-state index contributed by atoms with van der Waals surface area (Å²) in [5, 5.41) is 2.95. The van der Waals surface area contributed by atoms with Crippen LogP contribution in [-0.4, -0.2) is 41.1 Å². The molecule has 0 aliphatic carbocycles. The summed E-state index contributed by atoms with van der Waals surface area (Å²) >= 11 is 1.58. The normalized spacial score (nSPS) is 16.5. The molecule has 3 heterocycles. The molecule has 1 saturated heterocycles. The summed E-state index contributed by atoms with van der Waals surface area (Å²) in [4.78, 5) is 16.1. The Morgan fingerprint density at radius 3 is 2.52 bits per heavy atom. The molecule has 5 nitrogen and oxygen atoms in total. The first kappa shape index (κ1) is 16.0. The quantitative estimate of drug-likeness (QED) is 0.839. The van der Waals surface area contributed by atoms with Crippen molar-refractivity contribution in [1.29, 1.82) is 0 Å². The number of alkyl halides is 3. The van der Waals surface area contributed by atoms with Crippen LogP contribution in [-0.2, 0) is 6.18 Å². The zero-order valence-corrected chi connectivity index (χ0v) is 13.4. The van der Waals surface area contributed by atoms with Crippen LogP contribution in [0.15, 0.2) is 17.6 Å². The van der Waals surface area contributed by atoms with Gasteiger partial charge in [0, 0.05) is 37.8 Å². The predicted molar refractivity (Wildman–Crippen MR) is 82.9 cm³/mol. The van der Waals surface area contributed by atoms with Gasteiger partial charge in [-0.25, -0.2) is 15.0 Å². The van der Waals surface area contributed by atoms with E-state index in [1.165, 1.54) is 0 Å². The number of hydrogen-bond acceptors (Lipinski definition) is 6. The molecule has 0 atom stereocenters. The third-order valence-electron chi connectivity index (χ3n) is 3.59. The highest BCUT2D eigenvalue weighted by molar-refractivity contribution is 7.13. The molecule has 9 heteroatoms.